The third kappa shape index (κ3) is 3.23. The Morgan fingerprint density at radius 1 is 1.32 bits per heavy atom. The van der Waals surface area contributed by atoms with Crippen molar-refractivity contribution in [3.05, 3.63) is 42.1 Å². The molecule has 0 atom stereocenters. The average Bonchev–Trinajstić information content (AvgIpc) is 2.88. The lowest BCUT2D eigenvalue weighted by Gasteiger charge is -2.00. The minimum absolute atomic E-state index is 0.425. The number of nitrogens with two attached hydrogens (primary N) is 1. The number of aromatic nitrogens is 2. The maximum atomic E-state index is 11.0. The van der Waals surface area contributed by atoms with Gasteiger partial charge in [0, 0.05) is 30.3 Å². The fraction of sp³-hybridized carbons (Fsp3) is 0.200. The van der Waals surface area contributed by atoms with Crippen LogP contribution < -0.4 is 5.73 Å². The number of carbonyl (C=O) groups excluding carboxylic acids is 1. The fourth-order valence-electron chi connectivity index (χ4n) is 1.79. The van der Waals surface area contributed by atoms with Crippen LogP contribution in [0.25, 0.3) is 11.3 Å². The smallest absolute Gasteiger partial charge is 0.248 e. The van der Waals surface area contributed by atoms with Crippen LogP contribution >= 0.6 is 0 Å². The topological polar surface area (TPSA) is 60.9 Å². The second-order valence-electron chi connectivity index (χ2n) is 4.21. The first-order valence-electron chi connectivity index (χ1n) is 6.08. The molecule has 0 spiro atoms. The van der Waals surface area contributed by atoms with Gasteiger partial charge < -0.3 is 5.73 Å². The number of terminal acetylenes is 1. The van der Waals surface area contributed by atoms with E-state index in [0.717, 1.165) is 30.6 Å². The molecular weight excluding hydrogens is 238 g/mol. The van der Waals surface area contributed by atoms with E-state index in [2.05, 4.69) is 11.0 Å². The molecule has 0 unspecified atom stereocenters. The Morgan fingerprint density at radius 2 is 2.05 bits per heavy atom. The predicted molar refractivity (Wildman–Crippen MR) is 74.2 cm³/mol. The van der Waals surface area contributed by atoms with Gasteiger partial charge in [-0.3, -0.25) is 9.48 Å². The van der Waals surface area contributed by atoms with E-state index in [1.165, 1.54) is 0 Å². The van der Waals surface area contributed by atoms with E-state index in [-0.39, 0.29) is 0 Å². The highest BCUT2D eigenvalue weighted by Crippen LogP contribution is 2.17. The normalized spacial score (nSPS) is 10.1. The van der Waals surface area contributed by atoms with Crippen LogP contribution in [-0.4, -0.2) is 15.7 Å². The van der Waals surface area contributed by atoms with Gasteiger partial charge in [-0.2, -0.15) is 5.10 Å². The second-order valence-corrected chi connectivity index (χ2v) is 4.21. The summed E-state index contributed by atoms with van der Waals surface area (Å²) < 4.78 is 1.87. The third-order valence-corrected chi connectivity index (χ3v) is 2.81. The minimum atomic E-state index is -0.425. The Hall–Kier alpha value is -2.54. The summed E-state index contributed by atoms with van der Waals surface area (Å²) in [5.74, 6) is 2.18. The van der Waals surface area contributed by atoms with Crippen LogP contribution in [0.5, 0.6) is 0 Å². The van der Waals surface area contributed by atoms with Crippen molar-refractivity contribution >= 4 is 5.91 Å². The van der Waals surface area contributed by atoms with E-state index < -0.39 is 5.91 Å². The first kappa shape index (κ1) is 12.9. The van der Waals surface area contributed by atoms with Crippen LogP contribution in [0.2, 0.25) is 0 Å². The molecule has 1 heterocycles. The van der Waals surface area contributed by atoms with Crippen molar-refractivity contribution in [2.45, 2.75) is 19.4 Å². The van der Waals surface area contributed by atoms with E-state index in [0.29, 0.717) is 5.56 Å². The van der Waals surface area contributed by atoms with E-state index in [9.17, 15) is 4.79 Å². The number of carbonyl (C=O) groups is 1. The van der Waals surface area contributed by atoms with Crippen molar-refractivity contribution in [1.82, 2.24) is 9.78 Å². The lowest BCUT2D eigenvalue weighted by atomic mass is 10.1. The Balaban J connectivity index is 2.09. The third-order valence-electron chi connectivity index (χ3n) is 2.81. The monoisotopic (exact) mass is 253 g/mol. The zero-order valence-electron chi connectivity index (χ0n) is 10.5. The first-order chi connectivity index (χ1) is 9.20. The Bertz CT molecular complexity index is 605. The highest BCUT2D eigenvalue weighted by Gasteiger charge is 2.04. The minimum Gasteiger partial charge on any atom is -0.366 e. The number of unbranched alkanes of at least 4 members (excludes halogenated alkanes) is 1. The molecule has 1 aromatic carbocycles. The molecule has 4 heteroatoms. The van der Waals surface area contributed by atoms with Crippen LogP contribution in [-0.2, 0) is 6.54 Å². The van der Waals surface area contributed by atoms with Gasteiger partial charge in [-0.1, -0.05) is 12.1 Å². The molecule has 0 fully saturated rings. The summed E-state index contributed by atoms with van der Waals surface area (Å²) in [4.78, 5) is 11.0. The summed E-state index contributed by atoms with van der Waals surface area (Å²) in [7, 11) is 0. The van der Waals surface area contributed by atoms with Crippen LogP contribution in [0.4, 0.5) is 0 Å². The number of hydrogen-bond donors (Lipinski definition) is 1. The average molecular weight is 253 g/mol. The number of amides is 1. The van der Waals surface area contributed by atoms with E-state index >= 15 is 0 Å². The van der Waals surface area contributed by atoms with Crippen molar-refractivity contribution in [3.8, 4) is 23.6 Å². The highest BCUT2D eigenvalue weighted by molar-refractivity contribution is 5.93. The Kier molecular flexibility index (Phi) is 3.99. The zero-order valence-corrected chi connectivity index (χ0v) is 10.5. The maximum absolute atomic E-state index is 11.0. The lowest BCUT2D eigenvalue weighted by molar-refractivity contribution is 0.100. The molecule has 0 aliphatic carbocycles. The van der Waals surface area contributed by atoms with Crippen LogP contribution in [0.15, 0.2) is 36.5 Å². The quantitative estimate of drug-likeness (QED) is 0.655. The summed E-state index contributed by atoms with van der Waals surface area (Å²) in [6.45, 7) is 0.809. The molecule has 0 bridgehead atoms. The molecule has 0 saturated carbocycles. The van der Waals surface area contributed by atoms with E-state index in [1.54, 1.807) is 12.1 Å². The fourth-order valence-corrected chi connectivity index (χ4v) is 1.79. The lowest BCUT2D eigenvalue weighted by Crippen LogP contribution is -2.10. The molecule has 2 aromatic rings. The standard InChI is InChI=1S/C15H15N3O/c1-2-3-4-10-18-11-9-14(17-18)12-5-7-13(8-6-12)15(16)19/h1,5-9,11H,3-4,10H2,(H2,16,19). The molecule has 2 rings (SSSR count). The van der Waals surface area contributed by atoms with Gasteiger partial charge >= 0.3 is 0 Å². The number of nitrogens with zero attached hydrogens (tertiary/aromatic N) is 2. The predicted octanol–water partition coefficient (Wildman–Crippen LogP) is 2.06. The molecule has 0 aliphatic heterocycles. The van der Waals surface area contributed by atoms with E-state index in [4.69, 9.17) is 12.2 Å². The number of benzene rings is 1. The SMILES string of the molecule is C#CCCCn1ccc(-c2ccc(C(N)=O)cc2)n1. The van der Waals surface area contributed by atoms with Crippen molar-refractivity contribution in [2.24, 2.45) is 5.73 Å². The van der Waals surface area contributed by atoms with Gasteiger partial charge in [-0.15, -0.1) is 12.3 Å². The molecule has 1 amide bonds. The largest absolute Gasteiger partial charge is 0.366 e. The maximum Gasteiger partial charge on any atom is 0.248 e. The van der Waals surface area contributed by atoms with Gasteiger partial charge in [0.05, 0.1) is 5.69 Å². The van der Waals surface area contributed by atoms with Gasteiger partial charge in [0.25, 0.3) is 0 Å². The molecule has 2 N–H and O–H groups in total. The highest BCUT2D eigenvalue weighted by atomic mass is 16.1. The molecule has 0 aliphatic rings. The molecule has 0 saturated heterocycles. The van der Waals surface area contributed by atoms with Gasteiger partial charge in [0.2, 0.25) is 5.91 Å². The first-order valence-corrected chi connectivity index (χ1v) is 6.08. The van der Waals surface area contributed by atoms with Crippen LogP contribution in [0, 0.1) is 12.3 Å². The molecule has 19 heavy (non-hydrogen) atoms. The Labute approximate surface area is 112 Å². The van der Waals surface area contributed by atoms with Crippen molar-refractivity contribution in [1.29, 1.82) is 0 Å². The number of hydrogen-bond acceptors (Lipinski definition) is 2. The molecule has 96 valence electrons. The summed E-state index contributed by atoms with van der Waals surface area (Å²) in [6, 6.07) is 9.03. The number of rotatable bonds is 5. The van der Waals surface area contributed by atoms with Gasteiger partial charge in [0.15, 0.2) is 0 Å². The molecule has 4 nitrogen and oxygen atoms in total. The van der Waals surface area contributed by atoms with Gasteiger partial charge in [-0.05, 0) is 24.6 Å². The zero-order chi connectivity index (χ0) is 13.7. The van der Waals surface area contributed by atoms with Gasteiger partial charge in [0.1, 0.15) is 0 Å². The van der Waals surface area contributed by atoms with Crippen molar-refractivity contribution in [3.63, 3.8) is 0 Å². The van der Waals surface area contributed by atoms with E-state index in [1.807, 2.05) is 29.1 Å². The Morgan fingerprint density at radius 3 is 2.68 bits per heavy atom. The van der Waals surface area contributed by atoms with Crippen LogP contribution in [0.3, 0.4) is 0 Å². The second kappa shape index (κ2) is 5.87. The van der Waals surface area contributed by atoms with Crippen molar-refractivity contribution < 1.29 is 4.79 Å². The summed E-state index contributed by atoms with van der Waals surface area (Å²) in [6.07, 6.45) is 8.80. The number of aryl methyl sites for hydroxylation is 1. The van der Waals surface area contributed by atoms with Crippen molar-refractivity contribution in [2.75, 3.05) is 0 Å². The van der Waals surface area contributed by atoms with Gasteiger partial charge in [-0.25, -0.2) is 0 Å². The number of primary amides is 1. The summed E-state index contributed by atoms with van der Waals surface area (Å²) in [5.41, 5.74) is 7.53. The molecule has 1 aromatic heterocycles. The summed E-state index contributed by atoms with van der Waals surface area (Å²) in [5, 5.41) is 4.46. The molecule has 0 radical (unpaired) electrons. The van der Waals surface area contributed by atoms with Crippen LogP contribution in [0.1, 0.15) is 23.2 Å². The summed E-state index contributed by atoms with van der Waals surface area (Å²) >= 11 is 0. The molecular formula is C15H15N3O.